The second-order valence-electron chi connectivity index (χ2n) is 7.63. The third-order valence-corrected chi connectivity index (χ3v) is 8.26. The molecule has 0 radical (unpaired) electrons. The summed E-state index contributed by atoms with van der Waals surface area (Å²) in [6, 6.07) is 1.41. The smallest absolute Gasteiger partial charge is 0.383 e. The van der Waals surface area contributed by atoms with Crippen LogP contribution in [-0.4, -0.2) is 41.3 Å². The van der Waals surface area contributed by atoms with Gasteiger partial charge in [-0.05, 0) is 37.7 Å². The van der Waals surface area contributed by atoms with E-state index >= 15 is 0 Å². The zero-order chi connectivity index (χ0) is 24.4. The Balaban J connectivity index is 2.15. The number of phosphoric acid groups is 3. The molecule has 0 spiro atoms. The van der Waals surface area contributed by atoms with Crippen molar-refractivity contribution in [3.8, 4) is 0 Å². The van der Waals surface area contributed by atoms with E-state index in [1.54, 1.807) is 0 Å². The molecule has 2 heterocycles. The molecule has 0 amide bonds. The summed E-state index contributed by atoms with van der Waals surface area (Å²) in [4.78, 5) is 52.0. The zero-order valence-corrected chi connectivity index (χ0v) is 19.9. The molecule has 6 N–H and O–H groups in total. The lowest BCUT2D eigenvalue weighted by Crippen LogP contribution is -2.36. The van der Waals surface area contributed by atoms with E-state index in [0.717, 1.165) is 0 Å². The summed E-state index contributed by atoms with van der Waals surface area (Å²) in [5, 5.41) is 0. The molecule has 1 aromatic heterocycles. The van der Waals surface area contributed by atoms with Crippen molar-refractivity contribution in [3.05, 3.63) is 22.7 Å². The summed E-state index contributed by atoms with van der Waals surface area (Å²) in [6.07, 6.45) is 2.19. The highest BCUT2D eigenvalue weighted by atomic mass is 31.3. The predicted molar refractivity (Wildman–Crippen MR) is 109 cm³/mol. The zero-order valence-electron chi connectivity index (χ0n) is 17.2. The predicted octanol–water partition coefficient (Wildman–Crippen LogP) is 1.65. The van der Waals surface area contributed by atoms with Gasteiger partial charge in [-0.15, -0.1) is 0 Å². The van der Waals surface area contributed by atoms with Crippen LogP contribution >= 0.6 is 23.5 Å². The molecule has 0 aliphatic carbocycles. The third-order valence-electron chi connectivity index (χ3n) is 4.48. The minimum atomic E-state index is -5.63. The minimum Gasteiger partial charge on any atom is -0.383 e. The molecule has 0 saturated carbocycles. The number of hydrogen-bond donors (Lipinski definition) is 5. The highest BCUT2D eigenvalue weighted by Crippen LogP contribution is 2.66. The van der Waals surface area contributed by atoms with Crippen LogP contribution in [0.15, 0.2) is 17.1 Å². The van der Waals surface area contributed by atoms with E-state index in [1.807, 2.05) is 13.8 Å². The van der Waals surface area contributed by atoms with E-state index in [-0.39, 0.29) is 18.2 Å². The second-order valence-corrected chi connectivity index (χ2v) is 12.1. The number of nitrogen functional groups attached to an aromatic ring is 1. The van der Waals surface area contributed by atoms with E-state index in [1.165, 1.54) is 16.8 Å². The van der Waals surface area contributed by atoms with E-state index in [0.29, 0.717) is 19.3 Å². The fourth-order valence-corrected chi connectivity index (χ4v) is 6.14. The molecule has 32 heavy (non-hydrogen) atoms. The fourth-order valence-electron chi connectivity index (χ4n) is 3.05. The van der Waals surface area contributed by atoms with Crippen molar-refractivity contribution in [1.29, 1.82) is 0 Å². The summed E-state index contributed by atoms with van der Waals surface area (Å²) >= 11 is 0. The van der Waals surface area contributed by atoms with Crippen LogP contribution in [0, 0.1) is 5.92 Å². The van der Waals surface area contributed by atoms with Gasteiger partial charge >= 0.3 is 29.2 Å². The van der Waals surface area contributed by atoms with Crippen molar-refractivity contribution < 1.29 is 51.2 Å². The molecule has 1 aromatic rings. The van der Waals surface area contributed by atoms with Crippen LogP contribution < -0.4 is 11.4 Å². The highest BCUT2D eigenvalue weighted by molar-refractivity contribution is 7.66. The van der Waals surface area contributed by atoms with Crippen molar-refractivity contribution in [3.63, 3.8) is 0 Å². The Morgan fingerprint density at radius 1 is 1.25 bits per heavy atom. The van der Waals surface area contributed by atoms with Crippen LogP contribution in [0.1, 0.15) is 45.8 Å². The maximum atomic E-state index is 12.1. The van der Waals surface area contributed by atoms with Gasteiger partial charge in [0, 0.05) is 6.20 Å². The number of hydrogen-bond acceptors (Lipinski definition) is 10. The second kappa shape index (κ2) is 10.1. The first-order chi connectivity index (χ1) is 14.5. The van der Waals surface area contributed by atoms with Gasteiger partial charge < -0.3 is 30.0 Å². The summed E-state index contributed by atoms with van der Waals surface area (Å²) in [7, 11) is -16.4. The molecule has 184 valence electrons. The van der Waals surface area contributed by atoms with Crippen molar-refractivity contribution in [2.24, 2.45) is 5.92 Å². The lowest BCUT2D eigenvalue weighted by Gasteiger charge is -2.31. The lowest BCUT2D eigenvalue weighted by atomic mass is 9.91. The molecular weight excluding hydrogens is 495 g/mol. The Kier molecular flexibility index (Phi) is 8.64. The molecule has 15 nitrogen and oxygen atoms in total. The number of anilines is 1. The summed E-state index contributed by atoms with van der Waals surface area (Å²) in [6.45, 7) is 3.30. The molecular formula is C14H26N3O12P3. The van der Waals surface area contributed by atoms with Gasteiger partial charge in [-0.1, -0.05) is 13.8 Å². The average Bonchev–Trinajstić information content (AvgIpc) is 3.00. The lowest BCUT2D eigenvalue weighted by molar-refractivity contribution is -0.103. The monoisotopic (exact) mass is 521 g/mol. The standard InChI is InChI=1S/C14H26N3O12P3/c1-10(2)3-6-14(7-4-12(27-14)17-8-5-11(15)16-13(17)18)9-26-31(22,23)29-32(24,25)28-30(19,20)21/h5,8,10,12H,3-4,6-7,9H2,1-2H3,(H,22,23)(H,24,25)(H2,15,16,18)(H2,19,20,21)/t12?,14-/m0/s1. The van der Waals surface area contributed by atoms with Crippen molar-refractivity contribution in [1.82, 2.24) is 9.55 Å². The number of aromatic nitrogens is 2. The Morgan fingerprint density at radius 3 is 2.47 bits per heavy atom. The molecule has 2 rings (SSSR count). The first-order valence-electron chi connectivity index (χ1n) is 9.32. The van der Waals surface area contributed by atoms with Crippen LogP contribution in [-0.2, 0) is 31.6 Å². The van der Waals surface area contributed by atoms with Gasteiger partial charge in [-0.25, -0.2) is 18.5 Å². The third kappa shape index (κ3) is 8.44. The number of nitrogens with zero attached hydrogens (tertiary/aromatic N) is 2. The normalized spacial score (nSPS) is 25.5. The molecule has 1 aliphatic rings. The fraction of sp³-hybridized carbons (Fsp3) is 0.714. The first-order valence-corrected chi connectivity index (χ1v) is 13.8. The Hall–Kier alpha value is -0.950. The van der Waals surface area contributed by atoms with Crippen LogP contribution in [0.2, 0.25) is 0 Å². The number of nitrogens with two attached hydrogens (primary N) is 1. The Labute approximate surface area is 183 Å². The number of rotatable bonds is 11. The molecule has 1 saturated heterocycles. The average molecular weight is 521 g/mol. The molecule has 18 heteroatoms. The van der Waals surface area contributed by atoms with Crippen LogP contribution in [0.5, 0.6) is 0 Å². The highest BCUT2D eigenvalue weighted by Gasteiger charge is 2.46. The molecule has 0 aromatic carbocycles. The van der Waals surface area contributed by atoms with Crippen LogP contribution in [0.4, 0.5) is 5.82 Å². The Bertz CT molecular complexity index is 1010. The molecule has 1 aliphatic heterocycles. The number of ether oxygens (including phenoxy) is 1. The van der Waals surface area contributed by atoms with Gasteiger partial charge in [0.2, 0.25) is 0 Å². The van der Waals surface area contributed by atoms with Gasteiger partial charge in [0.25, 0.3) is 0 Å². The van der Waals surface area contributed by atoms with E-state index in [2.05, 4.69) is 13.6 Å². The molecule has 4 atom stereocenters. The first kappa shape index (κ1) is 27.3. The van der Waals surface area contributed by atoms with Crippen LogP contribution in [0.25, 0.3) is 0 Å². The van der Waals surface area contributed by atoms with Crippen molar-refractivity contribution in [2.75, 3.05) is 12.3 Å². The quantitative estimate of drug-likeness (QED) is 0.261. The molecule has 3 unspecified atom stereocenters. The summed E-state index contributed by atoms with van der Waals surface area (Å²) in [5.41, 5.74) is 3.67. The van der Waals surface area contributed by atoms with Gasteiger partial charge in [0.15, 0.2) is 0 Å². The number of phosphoric ester groups is 1. The topological polar surface area (TPSA) is 230 Å². The maximum Gasteiger partial charge on any atom is 0.490 e. The molecule has 0 bridgehead atoms. The van der Waals surface area contributed by atoms with E-state index < -0.39 is 47.6 Å². The van der Waals surface area contributed by atoms with E-state index in [4.69, 9.17) is 24.8 Å². The van der Waals surface area contributed by atoms with Gasteiger partial charge in [-0.2, -0.15) is 13.6 Å². The maximum absolute atomic E-state index is 12.1. The van der Waals surface area contributed by atoms with Crippen molar-refractivity contribution in [2.45, 2.75) is 51.4 Å². The van der Waals surface area contributed by atoms with E-state index in [9.17, 15) is 28.3 Å². The van der Waals surface area contributed by atoms with Gasteiger partial charge in [0.05, 0.1) is 12.2 Å². The van der Waals surface area contributed by atoms with Gasteiger partial charge in [-0.3, -0.25) is 9.09 Å². The minimum absolute atomic E-state index is 0.0305. The van der Waals surface area contributed by atoms with Gasteiger partial charge in [0.1, 0.15) is 12.0 Å². The van der Waals surface area contributed by atoms with Crippen molar-refractivity contribution >= 4 is 29.3 Å². The SMILES string of the molecule is CC(C)CC[C@@]1(COP(=O)(O)OP(=O)(O)OP(=O)(O)O)CCC(n2ccc(N)nc2=O)O1. The van der Waals surface area contributed by atoms with Crippen LogP contribution in [0.3, 0.4) is 0 Å². The summed E-state index contributed by atoms with van der Waals surface area (Å²) < 4.78 is 53.8. The molecule has 1 fully saturated rings. The largest absolute Gasteiger partial charge is 0.490 e. The Morgan fingerprint density at radius 2 is 1.91 bits per heavy atom. The summed E-state index contributed by atoms with van der Waals surface area (Å²) in [5.74, 6) is 0.255.